The van der Waals surface area contributed by atoms with Crippen molar-refractivity contribution in [3.63, 3.8) is 0 Å². The van der Waals surface area contributed by atoms with Crippen molar-refractivity contribution in [1.82, 2.24) is 25.3 Å². The molecule has 4 N–H and O–H groups in total. The van der Waals surface area contributed by atoms with E-state index in [0.717, 1.165) is 22.2 Å². The fourth-order valence-electron chi connectivity index (χ4n) is 5.59. The summed E-state index contributed by atoms with van der Waals surface area (Å²) in [5.74, 6) is -0.659. The number of nitrogens with zero attached hydrogens (tertiary/aromatic N) is 3. The van der Waals surface area contributed by atoms with Crippen LogP contribution < -0.4 is 20.1 Å². The Balaban J connectivity index is 1.08. The van der Waals surface area contributed by atoms with Gasteiger partial charge < -0.3 is 30.2 Å². The number of Topliss-reactive ketones (excluding diaryl/α,β-unsaturated/α-hetero) is 1. The van der Waals surface area contributed by atoms with Crippen LogP contribution in [-0.4, -0.2) is 62.5 Å². The Bertz CT molecular complexity index is 2270. The van der Waals surface area contributed by atoms with Crippen LogP contribution in [0.4, 0.5) is 10.1 Å². The van der Waals surface area contributed by atoms with Crippen molar-refractivity contribution in [2.24, 2.45) is 0 Å². The number of imidazole rings is 1. The number of rotatable bonds is 16. The Morgan fingerprint density at radius 2 is 1.70 bits per heavy atom. The molecule has 0 fully saturated rings. The van der Waals surface area contributed by atoms with Crippen molar-refractivity contribution >= 4 is 34.3 Å². The molecular weight excluding hydrogens is 679 g/mol. The number of aromatic carboxylic acids is 1. The number of pyridine rings is 2. The van der Waals surface area contributed by atoms with Gasteiger partial charge in [0.05, 0.1) is 54.0 Å². The first-order valence-corrected chi connectivity index (χ1v) is 17.0. The van der Waals surface area contributed by atoms with Crippen LogP contribution in [-0.2, 0) is 11.3 Å². The number of nitrogens with one attached hydrogen (secondary N) is 3. The predicted molar refractivity (Wildman–Crippen MR) is 198 cm³/mol. The summed E-state index contributed by atoms with van der Waals surface area (Å²) in [5.41, 5.74) is 4.52. The molecule has 0 aliphatic carbocycles. The number of anilines is 1. The number of fused-ring (bicyclic) bond motifs is 1. The van der Waals surface area contributed by atoms with Crippen LogP contribution in [0, 0.1) is 12.7 Å². The van der Waals surface area contributed by atoms with E-state index in [-0.39, 0.29) is 30.5 Å². The number of amides is 1. The van der Waals surface area contributed by atoms with Gasteiger partial charge in [-0.05, 0) is 87.0 Å². The molecule has 0 aliphatic heterocycles. The molecule has 0 radical (unpaired) electrons. The van der Waals surface area contributed by atoms with E-state index >= 15 is 0 Å². The van der Waals surface area contributed by atoms with Gasteiger partial charge in [0.25, 0.3) is 0 Å². The van der Waals surface area contributed by atoms with Gasteiger partial charge in [0.15, 0.2) is 11.6 Å². The van der Waals surface area contributed by atoms with Crippen LogP contribution in [0.2, 0.25) is 0 Å². The molecule has 0 aliphatic rings. The zero-order chi connectivity index (χ0) is 37.3. The number of carboxylic acid groups (broad SMARTS) is 1. The van der Waals surface area contributed by atoms with Crippen LogP contribution in [0.5, 0.6) is 11.5 Å². The number of benzene rings is 3. The number of hydrogen-bond acceptors (Lipinski definition) is 9. The van der Waals surface area contributed by atoms with E-state index in [1.165, 1.54) is 25.1 Å². The lowest BCUT2D eigenvalue weighted by Gasteiger charge is -2.10. The third-order valence-corrected chi connectivity index (χ3v) is 8.27. The number of carboxylic acids is 1. The van der Waals surface area contributed by atoms with E-state index in [9.17, 15) is 23.9 Å². The number of aryl methyl sites for hydroxylation is 1. The number of aromatic nitrogens is 4. The zero-order valence-corrected chi connectivity index (χ0v) is 29.1. The fraction of sp³-hybridized carbons (Fsp3) is 0.200. The molecule has 6 aromatic rings. The first-order valence-electron chi connectivity index (χ1n) is 17.0. The topological polar surface area (TPSA) is 168 Å². The molecule has 270 valence electrons. The predicted octanol–water partition coefficient (Wildman–Crippen LogP) is 7.00. The maximum absolute atomic E-state index is 14.8. The van der Waals surface area contributed by atoms with Gasteiger partial charge in [0.1, 0.15) is 29.6 Å². The van der Waals surface area contributed by atoms with Crippen molar-refractivity contribution in [2.75, 3.05) is 25.1 Å². The highest BCUT2D eigenvalue weighted by atomic mass is 19.1. The second kappa shape index (κ2) is 16.6. The smallest absolute Gasteiger partial charge is 0.338 e. The fourth-order valence-corrected chi connectivity index (χ4v) is 5.59. The molecule has 3 aromatic heterocycles. The zero-order valence-electron chi connectivity index (χ0n) is 29.1. The van der Waals surface area contributed by atoms with Gasteiger partial charge in [0, 0.05) is 28.6 Å². The first-order chi connectivity index (χ1) is 25.6. The Morgan fingerprint density at radius 3 is 2.47 bits per heavy atom. The van der Waals surface area contributed by atoms with Gasteiger partial charge in [-0.2, -0.15) is 0 Å². The molecule has 0 saturated heterocycles. The van der Waals surface area contributed by atoms with Gasteiger partial charge in [-0.1, -0.05) is 18.2 Å². The SMILES string of the molecule is CC(=O)c1ccc(OCCCC(=O)NCCOc2cnc3ccc(-c4[nH]c(CNc5cccc(C(=O)O)c5F)nc4-c4cccc(C)n4)cc3c2)cc1. The average molecular weight is 717 g/mol. The second-order valence-electron chi connectivity index (χ2n) is 12.2. The number of H-pyrrole nitrogens is 1. The maximum Gasteiger partial charge on any atom is 0.338 e. The summed E-state index contributed by atoms with van der Waals surface area (Å²) in [4.78, 5) is 52.5. The molecule has 0 spiro atoms. The van der Waals surface area contributed by atoms with Gasteiger partial charge in [-0.25, -0.2) is 14.2 Å². The van der Waals surface area contributed by atoms with E-state index in [4.69, 9.17) is 14.5 Å². The van der Waals surface area contributed by atoms with Crippen LogP contribution >= 0.6 is 0 Å². The number of carbonyl (C=O) groups excluding carboxylic acids is 2. The summed E-state index contributed by atoms with van der Waals surface area (Å²) in [6.45, 7) is 4.42. The largest absolute Gasteiger partial charge is 0.494 e. The standard InChI is InChI=1S/C40H37FN6O6/c1-24-6-3-9-34(45-24)39-38(46-35(47-39)23-44-33-8-4-7-31(37(33)41)40(50)51)27-13-16-32-28(20-27)21-30(22-43-32)53-19-17-42-36(49)10-5-18-52-29-14-11-26(12-15-29)25(2)48/h3-4,6-9,11-16,20-22,44H,5,10,17-19,23H2,1-2H3,(H,42,49)(H,46,47)(H,50,51). The molecule has 6 rings (SSSR count). The molecule has 53 heavy (non-hydrogen) atoms. The highest BCUT2D eigenvalue weighted by Gasteiger charge is 2.18. The van der Waals surface area contributed by atoms with Gasteiger partial charge in [0.2, 0.25) is 5.91 Å². The monoisotopic (exact) mass is 716 g/mol. The molecular formula is C40H37FN6O6. The third kappa shape index (κ3) is 9.19. The molecule has 12 nitrogen and oxygen atoms in total. The Labute approximate surface area is 304 Å². The van der Waals surface area contributed by atoms with Gasteiger partial charge in [-0.15, -0.1) is 0 Å². The molecule has 3 heterocycles. The number of halogens is 1. The van der Waals surface area contributed by atoms with Gasteiger partial charge in [-0.3, -0.25) is 19.6 Å². The quantitative estimate of drug-likeness (QED) is 0.0605. The van der Waals surface area contributed by atoms with Crippen LogP contribution in [0.15, 0.2) is 91.1 Å². The Hall–Kier alpha value is -6.63. The second-order valence-corrected chi connectivity index (χ2v) is 12.2. The van der Waals surface area contributed by atoms with Crippen molar-refractivity contribution in [3.8, 4) is 34.1 Å². The highest BCUT2D eigenvalue weighted by Crippen LogP contribution is 2.32. The lowest BCUT2D eigenvalue weighted by molar-refractivity contribution is -0.121. The molecule has 0 unspecified atom stereocenters. The first kappa shape index (κ1) is 36.2. The maximum atomic E-state index is 14.8. The van der Waals surface area contributed by atoms with Crippen molar-refractivity contribution < 1.29 is 33.4 Å². The summed E-state index contributed by atoms with van der Waals surface area (Å²) in [6, 6.07) is 24.3. The van der Waals surface area contributed by atoms with E-state index in [1.54, 1.807) is 30.5 Å². The molecule has 0 atom stereocenters. The van der Waals surface area contributed by atoms with Crippen molar-refractivity contribution in [1.29, 1.82) is 0 Å². The number of aromatic amines is 1. The van der Waals surface area contributed by atoms with Crippen LogP contribution in [0.25, 0.3) is 33.5 Å². The summed E-state index contributed by atoms with van der Waals surface area (Å²) < 4.78 is 26.4. The number of ketones is 1. The summed E-state index contributed by atoms with van der Waals surface area (Å²) in [7, 11) is 0. The summed E-state index contributed by atoms with van der Waals surface area (Å²) in [6.07, 6.45) is 2.46. The van der Waals surface area contributed by atoms with E-state index in [0.29, 0.717) is 66.0 Å². The van der Waals surface area contributed by atoms with E-state index < -0.39 is 17.3 Å². The lowest BCUT2D eigenvalue weighted by atomic mass is 10.1. The highest BCUT2D eigenvalue weighted by molar-refractivity contribution is 5.94. The molecule has 0 bridgehead atoms. The number of carbonyl (C=O) groups is 3. The normalized spacial score (nSPS) is 10.9. The van der Waals surface area contributed by atoms with Crippen molar-refractivity contribution in [2.45, 2.75) is 33.2 Å². The Morgan fingerprint density at radius 1 is 0.906 bits per heavy atom. The molecule has 13 heteroatoms. The summed E-state index contributed by atoms with van der Waals surface area (Å²) in [5, 5.41) is 15.9. The van der Waals surface area contributed by atoms with E-state index in [1.807, 2.05) is 49.4 Å². The van der Waals surface area contributed by atoms with E-state index in [2.05, 4.69) is 25.6 Å². The van der Waals surface area contributed by atoms with Gasteiger partial charge >= 0.3 is 5.97 Å². The number of hydrogen-bond donors (Lipinski definition) is 4. The van der Waals surface area contributed by atoms with Crippen LogP contribution in [0.1, 0.15) is 52.0 Å². The Kier molecular flexibility index (Phi) is 11.3. The van der Waals surface area contributed by atoms with Crippen LogP contribution in [0.3, 0.4) is 0 Å². The van der Waals surface area contributed by atoms with Crippen molar-refractivity contribution in [3.05, 3.63) is 120 Å². The minimum Gasteiger partial charge on any atom is -0.494 e. The summed E-state index contributed by atoms with van der Waals surface area (Å²) >= 11 is 0. The lowest BCUT2D eigenvalue weighted by Crippen LogP contribution is -2.28. The minimum atomic E-state index is -1.35. The average Bonchev–Trinajstić information content (AvgIpc) is 3.59. The number of ether oxygens (including phenoxy) is 2. The molecule has 1 amide bonds. The molecule has 0 saturated carbocycles. The minimum absolute atomic E-state index is 0.00891. The third-order valence-electron chi connectivity index (χ3n) is 8.27. The molecule has 3 aromatic carbocycles.